The molecule has 2 aromatic rings. The van der Waals surface area contributed by atoms with Crippen LogP contribution in [0.2, 0.25) is 5.02 Å². The molecule has 1 N–H and O–H groups in total. The quantitative estimate of drug-likeness (QED) is 0.745. The number of aliphatic hydroxyl groups is 1. The maximum atomic E-state index is 12.7. The molecule has 28 heavy (non-hydrogen) atoms. The van der Waals surface area contributed by atoms with E-state index in [1.54, 1.807) is 36.7 Å². The fourth-order valence-electron chi connectivity index (χ4n) is 3.79. The van der Waals surface area contributed by atoms with E-state index in [-0.39, 0.29) is 11.9 Å². The van der Waals surface area contributed by atoms with Crippen LogP contribution in [0.1, 0.15) is 10.4 Å². The Morgan fingerprint density at radius 1 is 1.07 bits per heavy atom. The number of hydrogen-bond donors (Lipinski definition) is 1. The number of hydrogen-bond acceptors (Lipinski definition) is 6. The van der Waals surface area contributed by atoms with Gasteiger partial charge in [-0.3, -0.25) is 9.69 Å². The van der Waals surface area contributed by atoms with Gasteiger partial charge in [0.05, 0.1) is 16.6 Å². The zero-order valence-corrected chi connectivity index (χ0v) is 17.6. The molecule has 0 saturated carbocycles. The maximum absolute atomic E-state index is 12.7. The number of benzene rings is 1. The molecular weight excluding hydrogens is 446 g/mol. The largest absolute Gasteiger partial charge is 0.390 e. The minimum atomic E-state index is -0.467. The summed E-state index contributed by atoms with van der Waals surface area (Å²) in [6, 6.07) is 7.00. The van der Waals surface area contributed by atoms with Gasteiger partial charge in [0.15, 0.2) is 0 Å². The number of carbonyl (C=O) groups is 1. The highest BCUT2D eigenvalue weighted by molar-refractivity contribution is 9.10. The molecule has 2 aliphatic heterocycles. The molecule has 3 heterocycles. The number of rotatable bonds is 3. The highest BCUT2D eigenvalue weighted by Crippen LogP contribution is 2.23. The molecular formula is C19H21BrClN5O2. The first-order valence-electron chi connectivity index (χ1n) is 9.21. The Kier molecular flexibility index (Phi) is 5.82. The van der Waals surface area contributed by atoms with Gasteiger partial charge in [-0.05, 0) is 40.2 Å². The predicted molar refractivity (Wildman–Crippen MR) is 111 cm³/mol. The molecule has 1 aromatic heterocycles. The van der Waals surface area contributed by atoms with Gasteiger partial charge in [0, 0.05) is 62.2 Å². The number of aliphatic hydroxyl groups excluding tert-OH is 1. The molecule has 1 aromatic carbocycles. The summed E-state index contributed by atoms with van der Waals surface area (Å²) >= 11 is 9.24. The second kappa shape index (κ2) is 8.32. The van der Waals surface area contributed by atoms with Crippen LogP contribution in [0.4, 0.5) is 5.95 Å². The van der Waals surface area contributed by atoms with Crippen LogP contribution in [0.3, 0.4) is 0 Å². The van der Waals surface area contributed by atoms with Crippen molar-refractivity contribution in [2.75, 3.05) is 44.2 Å². The van der Waals surface area contributed by atoms with Gasteiger partial charge >= 0.3 is 0 Å². The van der Waals surface area contributed by atoms with Gasteiger partial charge in [0.25, 0.3) is 5.91 Å². The summed E-state index contributed by atoms with van der Waals surface area (Å²) in [5.41, 5.74) is 0.650. The molecule has 2 saturated heterocycles. The van der Waals surface area contributed by atoms with Crippen LogP contribution >= 0.6 is 27.5 Å². The van der Waals surface area contributed by atoms with E-state index in [0.29, 0.717) is 42.7 Å². The summed E-state index contributed by atoms with van der Waals surface area (Å²) in [6.07, 6.45) is 2.96. The van der Waals surface area contributed by atoms with E-state index >= 15 is 0 Å². The standard InChI is InChI=1S/C19H21BrClN5O2/c20-14-9-22-19(23-10-14)26-11-16(17(27)12-26)24-5-7-25(8-6-24)18(28)13-1-3-15(21)4-2-13/h1-4,9-10,16-17,27H,5-8,11-12H2/t16-,17-/m1/s1. The Labute approximate surface area is 177 Å². The molecule has 0 spiro atoms. The predicted octanol–water partition coefficient (Wildman–Crippen LogP) is 1.90. The molecule has 9 heteroatoms. The number of β-amino-alcohol motifs (C(OH)–C–C–N with tert-alkyl or cyclic N) is 1. The van der Waals surface area contributed by atoms with Crippen molar-refractivity contribution in [1.29, 1.82) is 0 Å². The van der Waals surface area contributed by atoms with Crippen molar-refractivity contribution in [3.05, 3.63) is 51.7 Å². The van der Waals surface area contributed by atoms with Crippen LogP contribution in [-0.4, -0.2) is 82.2 Å². The summed E-state index contributed by atoms with van der Waals surface area (Å²) in [7, 11) is 0. The van der Waals surface area contributed by atoms with Crippen molar-refractivity contribution in [1.82, 2.24) is 19.8 Å². The molecule has 1 amide bonds. The van der Waals surface area contributed by atoms with E-state index in [1.807, 2.05) is 9.80 Å². The van der Waals surface area contributed by atoms with Crippen molar-refractivity contribution >= 4 is 39.4 Å². The zero-order valence-electron chi connectivity index (χ0n) is 15.2. The number of piperazine rings is 1. The lowest BCUT2D eigenvalue weighted by Gasteiger charge is -2.38. The number of halogens is 2. The second-order valence-corrected chi connectivity index (χ2v) is 8.43. The normalized spacial score (nSPS) is 23.2. The first-order chi connectivity index (χ1) is 13.5. The van der Waals surface area contributed by atoms with E-state index in [0.717, 1.165) is 17.6 Å². The van der Waals surface area contributed by atoms with E-state index in [9.17, 15) is 9.90 Å². The summed E-state index contributed by atoms with van der Waals surface area (Å²) in [5, 5.41) is 11.2. The van der Waals surface area contributed by atoms with Crippen LogP contribution in [0, 0.1) is 0 Å². The lowest BCUT2D eigenvalue weighted by atomic mass is 10.1. The van der Waals surface area contributed by atoms with Crippen LogP contribution in [0.15, 0.2) is 41.1 Å². The van der Waals surface area contributed by atoms with Crippen molar-refractivity contribution in [3.63, 3.8) is 0 Å². The Hall–Kier alpha value is -1.74. The van der Waals surface area contributed by atoms with Crippen molar-refractivity contribution in [2.45, 2.75) is 12.1 Å². The van der Waals surface area contributed by atoms with Crippen LogP contribution < -0.4 is 4.90 Å². The smallest absolute Gasteiger partial charge is 0.253 e. The van der Waals surface area contributed by atoms with Crippen LogP contribution in [0.25, 0.3) is 0 Å². The Bertz CT molecular complexity index is 827. The fraction of sp³-hybridized carbons (Fsp3) is 0.421. The van der Waals surface area contributed by atoms with E-state index in [4.69, 9.17) is 11.6 Å². The molecule has 7 nitrogen and oxygen atoms in total. The summed E-state index contributed by atoms with van der Waals surface area (Å²) in [6.45, 7) is 3.93. The second-order valence-electron chi connectivity index (χ2n) is 7.08. The van der Waals surface area contributed by atoms with Gasteiger partial charge in [0.1, 0.15) is 0 Å². The number of amides is 1. The summed E-state index contributed by atoms with van der Waals surface area (Å²) in [5.74, 6) is 0.648. The third kappa shape index (κ3) is 4.15. The fourth-order valence-corrected chi connectivity index (χ4v) is 4.12. The SMILES string of the molecule is O=C(c1ccc(Cl)cc1)N1CCN([C@@H]2CN(c3ncc(Br)cn3)C[C@H]2O)CC1. The molecule has 0 aliphatic carbocycles. The topological polar surface area (TPSA) is 72.8 Å². The van der Waals surface area contributed by atoms with Gasteiger partial charge in [-0.15, -0.1) is 0 Å². The number of carbonyl (C=O) groups excluding carboxylic acids is 1. The number of nitrogens with zero attached hydrogens (tertiary/aromatic N) is 5. The molecule has 2 atom stereocenters. The molecule has 2 aliphatic rings. The third-order valence-electron chi connectivity index (χ3n) is 5.31. The van der Waals surface area contributed by atoms with Gasteiger partial charge in [-0.2, -0.15) is 0 Å². The van der Waals surface area contributed by atoms with Crippen LogP contribution in [0.5, 0.6) is 0 Å². The van der Waals surface area contributed by atoms with Crippen LogP contribution in [-0.2, 0) is 0 Å². The zero-order chi connectivity index (χ0) is 19.7. The van der Waals surface area contributed by atoms with E-state index in [2.05, 4.69) is 30.8 Å². The van der Waals surface area contributed by atoms with Crippen molar-refractivity contribution in [2.24, 2.45) is 0 Å². The number of anilines is 1. The van der Waals surface area contributed by atoms with Crippen molar-refractivity contribution in [3.8, 4) is 0 Å². The highest BCUT2D eigenvalue weighted by atomic mass is 79.9. The Morgan fingerprint density at radius 2 is 1.71 bits per heavy atom. The van der Waals surface area contributed by atoms with Gasteiger partial charge < -0.3 is 14.9 Å². The highest BCUT2D eigenvalue weighted by Gasteiger charge is 2.38. The molecule has 0 unspecified atom stereocenters. The van der Waals surface area contributed by atoms with Crippen molar-refractivity contribution < 1.29 is 9.90 Å². The molecule has 0 bridgehead atoms. The van der Waals surface area contributed by atoms with E-state index in [1.165, 1.54) is 0 Å². The molecule has 0 radical (unpaired) electrons. The average molecular weight is 467 g/mol. The van der Waals surface area contributed by atoms with Gasteiger partial charge in [-0.25, -0.2) is 9.97 Å². The lowest BCUT2D eigenvalue weighted by molar-refractivity contribution is 0.0376. The Balaban J connectivity index is 1.35. The minimum Gasteiger partial charge on any atom is -0.390 e. The summed E-state index contributed by atoms with van der Waals surface area (Å²) in [4.78, 5) is 27.4. The minimum absolute atomic E-state index is 0.0139. The first-order valence-corrected chi connectivity index (χ1v) is 10.4. The maximum Gasteiger partial charge on any atom is 0.253 e. The van der Waals surface area contributed by atoms with E-state index < -0.39 is 6.10 Å². The Morgan fingerprint density at radius 3 is 2.36 bits per heavy atom. The first kappa shape index (κ1) is 19.6. The van der Waals surface area contributed by atoms with Gasteiger partial charge in [0.2, 0.25) is 5.95 Å². The lowest BCUT2D eigenvalue weighted by Crippen LogP contribution is -2.54. The summed E-state index contributed by atoms with van der Waals surface area (Å²) < 4.78 is 0.828. The molecule has 148 valence electrons. The number of aromatic nitrogens is 2. The monoisotopic (exact) mass is 465 g/mol. The third-order valence-corrected chi connectivity index (χ3v) is 5.97. The van der Waals surface area contributed by atoms with Gasteiger partial charge in [-0.1, -0.05) is 11.6 Å². The molecule has 2 fully saturated rings. The average Bonchev–Trinajstić information content (AvgIpc) is 3.10. The molecule has 4 rings (SSSR count).